The molecular formula is C25H27FN4O2. The summed E-state index contributed by atoms with van der Waals surface area (Å²) in [7, 11) is 0. The second-order valence-corrected chi connectivity index (χ2v) is 8.08. The average molecular weight is 435 g/mol. The van der Waals surface area contributed by atoms with Gasteiger partial charge >= 0.3 is 5.97 Å². The number of benzene rings is 2. The van der Waals surface area contributed by atoms with Crippen molar-refractivity contribution in [2.24, 2.45) is 0 Å². The Morgan fingerprint density at radius 2 is 1.97 bits per heavy atom. The minimum Gasteiger partial charge on any atom is -0.481 e. The fourth-order valence-corrected chi connectivity index (χ4v) is 4.02. The number of carbonyl (C=O) groups is 1. The van der Waals surface area contributed by atoms with Crippen LogP contribution in [0.15, 0.2) is 66.9 Å². The highest BCUT2D eigenvalue weighted by Gasteiger charge is 2.27. The van der Waals surface area contributed by atoms with E-state index in [4.69, 9.17) is 0 Å². The van der Waals surface area contributed by atoms with Crippen molar-refractivity contribution in [3.05, 3.63) is 89.4 Å². The molecule has 0 aliphatic carbocycles. The van der Waals surface area contributed by atoms with E-state index in [0.717, 1.165) is 23.1 Å². The Hall–Kier alpha value is -3.45. The summed E-state index contributed by atoms with van der Waals surface area (Å²) >= 11 is 0. The van der Waals surface area contributed by atoms with Crippen LogP contribution >= 0.6 is 0 Å². The van der Waals surface area contributed by atoms with Gasteiger partial charge in [0.15, 0.2) is 0 Å². The molecule has 4 rings (SSSR count). The lowest BCUT2D eigenvalue weighted by atomic mass is 9.96. The maximum absolute atomic E-state index is 13.5. The molecule has 1 aliphatic heterocycles. The Morgan fingerprint density at radius 3 is 2.75 bits per heavy atom. The van der Waals surface area contributed by atoms with E-state index in [2.05, 4.69) is 33.1 Å². The van der Waals surface area contributed by atoms with Gasteiger partial charge in [0.25, 0.3) is 0 Å². The number of pyridine rings is 1. The van der Waals surface area contributed by atoms with Gasteiger partial charge in [-0.05, 0) is 36.6 Å². The molecule has 3 aromatic rings. The smallest absolute Gasteiger partial charge is 0.310 e. The number of aliphatic carboxylic acids is 1. The molecule has 4 N–H and O–H groups in total. The molecule has 6 nitrogen and oxygen atoms in total. The van der Waals surface area contributed by atoms with Crippen molar-refractivity contribution >= 4 is 17.5 Å². The van der Waals surface area contributed by atoms with E-state index in [1.807, 2.05) is 42.5 Å². The van der Waals surface area contributed by atoms with Gasteiger partial charge in [-0.3, -0.25) is 4.79 Å². The minimum absolute atomic E-state index is 0.00447. The predicted molar refractivity (Wildman–Crippen MR) is 123 cm³/mol. The van der Waals surface area contributed by atoms with Crippen LogP contribution in [-0.2, 0) is 11.2 Å². The lowest BCUT2D eigenvalue weighted by Crippen LogP contribution is -2.44. The third kappa shape index (κ3) is 5.06. The summed E-state index contributed by atoms with van der Waals surface area (Å²) in [5.74, 6) is -1.08. The van der Waals surface area contributed by atoms with Gasteiger partial charge in [0.1, 0.15) is 11.6 Å². The molecule has 1 aliphatic rings. The lowest BCUT2D eigenvalue weighted by molar-refractivity contribution is -0.138. The molecule has 0 fully saturated rings. The van der Waals surface area contributed by atoms with E-state index in [9.17, 15) is 14.3 Å². The molecule has 166 valence electrons. The number of hydrogen-bond acceptors (Lipinski definition) is 5. The van der Waals surface area contributed by atoms with E-state index >= 15 is 0 Å². The van der Waals surface area contributed by atoms with Crippen molar-refractivity contribution in [3.63, 3.8) is 0 Å². The zero-order valence-corrected chi connectivity index (χ0v) is 17.9. The SMILES string of the molecule is C[C@@H](C(=O)O)c1cccc(CCN[C@H](c2ccccc2)[C@H]2CNc3cc(F)cnc3N2)c1. The first-order valence-electron chi connectivity index (χ1n) is 10.8. The van der Waals surface area contributed by atoms with Crippen molar-refractivity contribution in [3.8, 4) is 0 Å². The second-order valence-electron chi connectivity index (χ2n) is 8.08. The standard InChI is InChI=1S/C25H27FN4O2/c1-16(25(31)32)19-9-5-6-17(12-19)10-11-27-23(18-7-3-2-4-8-18)22-15-28-21-13-20(26)14-29-24(21)30-22/h2-9,12-14,16,22-23,27-28H,10-11,15H2,1H3,(H,29,30)(H,31,32)/t16-,22-,23-/m1/s1. The largest absolute Gasteiger partial charge is 0.481 e. The van der Waals surface area contributed by atoms with Crippen LogP contribution in [0.5, 0.6) is 0 Å². The molecule has 0 amide bonds. The summed E-state index contributed by atoms with van der Waals surface area (Å²) in [6.45, 7) is 3.03. The van der Waals surface area contributed by atoms with Crippen molar-refractivity contribution in [1.82, 2.24) is 10.3 Å². The summed E-state index contributed by atoms with van der Waals surface area (Å²) in [6, 6.07) is 19.4. The third-order valence-electron chi connectivity index (χ3n) is 5.85. The normalized spacial score (nSPS) is 16.9. The van der Waals surface area contributed by atoms with E-state index in [1.54, 1.807) is 6.92 Å². The first-order valence-corrected chi connectivity index (χ1v) is 10.8. The first kappa shape index (κ1) is 21.8. The summed E-state index contributed by atoms with van der Waals surface area (Å²) in [5.41, 5.74) is 3.71. The number of halogens is 1. The van der Waals surface area contributed by atoms with Gasteiger partial charge in [0.05, 0.1) is 29.9 Å². The maximum Gasteiger partial charge on any atom is 0.310 e. The van der Waals surface area contributed by atoms with Crippen molar-refractivity contribution < 1.29 is 14.3 Å². The number of nitrogens with zero attached hydrogens (tertiary/aromatic N) is 1. The number of carboxylic acids is 1. The van der Waals surface area contributed by atoms with Gasteiger partial charge in [-0.15, -0.1) is 0 Å². The molecule has 0 radical (unpaired) electrons. The highest BCUT2D eigenvalue weighted by Crippen LogP contribution is 2.29. The van der Waals surface area contributed by atoms with Crippen LogP contribution in [0.3, 0.4) is 0 Å². The van der Waals surface area contributed by atoms with E-state index in [-0.39, 0.29) is 17.9 Å². The van der Waals surface area contributed by atoms with Gasteiger partial charge in [0.2, 0.25) is 0 Å². The monoisotopic (exact) mass is 434 g/mol. The number of nitrogens with one attached hydrogen (secondary N) is 3. The van der Waals surface area contributed by atoms with Crippen LogP contribution in [-0.4, -0.2) is 35.2 Å². The zero-order chi connectivity index (χ0) is 22.5. The number of rotatable bonds is 8. The number of fused-ring (bicyclic) bond motifs is 1. The molecule has 2 aromatic carbocycles. The molecule has 2 heterocycles. The minimum atomic E-state index is -0.825. The van der Waals surface area contributed by atoms with Crippen LogP contribution in [0.25, 0.3) is 0 Å². The predicted octanol–water partition coefficient (Wildman–Crippen LogP) is 4.19. The molecule has 0 saturated carbocycles. The molecule has 0 saturated heterocycles. The second kappa shape index (κ2) is 9.78. The van der Waals surface area contributed by atoms with Crippen LogP contribution < -0.4 is 16.0 Å². The van der Waals surface area contributed by atoms with Crippen LogP contribution in [0, 0.1) is 5.82 Å². The molecule has 0 unspecified atom stereocenters. The summed E-state index contributed by atoms with van der Waals surface area (Å²) in [5, 5.41) is 19.6. The first-order chi connectivity index (χ1) is 15.5. The number of anilines is 2. The van der Waals surface area contributed by atoms with E-state index in [0.29, 0.717) is 24.6 Å². The van der Waals surface area contributed by atoms with E-state index < -0.39 is 11.9 Å². The van der Waals surface area contributed by atoms with Gasteiger partial charge < -0.3 is 21.1 Å². The van der Waals surface area contributed by atoms with Crippen molar-refractivity contribution in [2.45, 2.75) is 31.3 Å². The topological polar surface area (TPSA) is 86.3 Å². The maximum atomic E-state index is 13.5. The van der Waals surface area contributed by atoms with Gasteiger partial charge in [-0.25, -0.2) is 9.37 Å². The molecule has 32 heavy (non-hydrogen) atoms. The van der Waals surface area contributed by atoms with Gasteiger partial charge in [-0.2, -0.15) is 0 Å². The Morgan fingerprint density at radius 1 is 1.19 bits per heavy atom. The molecule has 0 bridgehead atoms. The Labute approximate surface area is 186 Å². The molecule has 7 heteroatoms. The Kier molecular flexibility index (Phi) is 6.66. The van der Waals surface area contributed by atoms with Crippen LogP contribution in [0.1, 0.15) is 35.6 Å². The highest BCUT2D eigenvalue weighted by atomic mass is 19.1. The fraction of sp³-hybridized carbons (Fsp3) is 0.280. The van der Waals surface area contributed by atoms with Crippen molar-refractivity contribution in [2.75, 3.05) is 23.7 Å². The average Bonchev–Trinajstić information content (AvgIpc) is 2.82. The Balaban J connectivity index is 1.46. The highest BCUT2D eigenvalue weighted by molar-refractivity contribution is 5.75. The number of aromatic nitrogens is 1. The van der Waals surface area contributed by atoms with Gasteiger partial charge in [-0.1, -0.05) is 54.6 Å². The fourth-order valence-electron chi connectivity index (χ4n) is 4.02. The number of hydrogen-bond donors (Lipinski definition) is 4. The number of carboxylic acid groups (broad SMARTS) is 1. The summed E-state index contributed by atoms with van der Waals surface area (Å²) in [4.78, 5) is 15.5. The Bertz CT molecular complexity index is 1080. The molecule has 1 aromatic heterocycles. The molecule has 0 spiro atoms. The third-order valence-corrected chi connectivity index (χ3v) is 5.85. The molecular weight excluding hydrogens is 407 g/mol. The van der Waals surface area contributed by atoms with Crippen LogP contribution in [0.2, 0.25) is 0 Å². The summed E-state index contributed by atoms with van der Waals surface area (Å²) < 4.78 is 13.5. The lowest BCUT2D eigenvalue weighted by Gasteiger charge is -2.34. The van der Waals surface area contributed by atoms with E-state index in [1.165, 1.54) is 12.3 Å². The zero-order valence-electron chi connectivity index (χ0n) is 17.9. The summed E-state index contributed by atoms with van der Waals surface area (Å²) in [6.07, 6.45) is 1.98. The quantitative estimate of drug-likeness (QED) is 0.425. The van der Waals surface area contributed by atoms with Crippen LogP contribution in [0.4, 0.5) is 15.9 Å². The van der Waals surface area contributed by atoms with Gasteiger partial charge in [0, 0.05) is 12.6 Å². The van der Waals surface area contributed by atoms with Crippen molar-refractivity contribution in [1.29, 1.82) is 0 Å². The molecule has 3 atom stereocenters.